The third kappa shape index (κ3) is 2.51. The largest absolute Gasteiger partial charge is 0.344 e. The molecule has 1 aliphatic carbocycles. The van der Waals surface area contributed by atoms with Crippen molar-refractivity contribution in [2.45, 2.75) is 32.1 Å². The highest BCUT2D eigenvalue weighted by Gasteiger charge is 2.46. The minimum atomic E-state index is -0.679. The van der Waals surface area contributed by atoms with Crippen molar-refractivity contribution in [3.8, 4) is 6.07 Å². The normalized spacial score (nSPS) is 26.4. The number of rotatable bonds is 4. The number of likely N-dealkylation sites (tertiary alicyclic amines) is 1. The molecule has 2 fully saturated rings. The molecule has 100 valence electrons. The Kier molecular flexibility index (Phi) is 3.91. The lowest BCUT2D eigenvalue weighted by Gasteiger charge is -2.37. The SMILES string of the molecule is CN1CCC(CCN(C)C(=O)C2(C#N)CCC2)C1. The van der Waals surface area contributed by atoms with Gasteiger partial charge in [0.2, 0.25) is 5.91 Å². The van der Waals surface area contributed by atoms with Gasteiger partial charge in [-0.05, 0) is 51.6 Å². The van der Waals surface area contributed by atoms with Crippen molar-refractivity contribution in [3.63, 3.8) is 0 Å². The number of nitriles is 1. The molecular formula is C14H23N3O. The van der Waals surface area contributed by atoms with Gasteiger partial charge in [0.05, 0.1) is 6.07 Å². The minimum absolute atomic E-state index is 0.0441. The van der Waals surface area contributed by atoms with Gasteiger partial charge in [0.25, 0.3) is 0 Å². The summed E-state index contributed by atoms with van der Waals surface area (Å²) in [7, 11) is 3.99. The van der Waals surface area contributed by atoms with Crippen LogP contribution in [0.3, 0.4) is 0 Å². The predicted molar refractivity (Wildman–Crippen MR) is 69.8 cm³/mol. The lowest BCUT2D eigenvalue weighted by molar-refractivity contribution is -0.141. The number of carbonyl (C=O) groups is 1. The molecular weight excluding hydrogens is 226 g/mol. The second-order valence-corrected chi connectivity index (χ2v) is 5.98. The van der Waals surface area contributed by atoms with Crippen LogP contribution in [0.5, 0.6) is 0 Å². The Bertz CT molecular complexity index is 357. The molecule has 2 aliphatic rings. The van der Waals surface area contributed by atoms with Crippen LogP contribution >= 0.6 is 0 Å². The molecule has 0 aromatic heterocycles. The van der Waals surface area contributed by atoms with Crippen LogP contribution in [-0.2, 0) is 4.79 Å². The number of nitrogens with zero attached hydrogens (tertiary/aromatic N) is 3. The summed E-state index contributed by atoms with van der Waals surface area (Å²) in [4.78, 5) is 16.4. The monoisotopic (exact) mass is 249 g/mol. The Morgan fingerprint density at radius 1 is 1.56 bits per heavy atom. The van der Waals surface area contributed by atoms with E-state index < -0.39 is 5.41 Å². The van der Waals surface area contributed by atoms with E-state index >= 15 is 0 Å². The highest BCUT2D eigenvalue weighted by molar-refractivity contribution is 5.86. The Morgan fingerprint density at radius 2 is 2.28 bits per heavy atom. The first-order valence-corrected chi connectivity index (χ1v) is 6.93. The fourth-order valence-corrected chi connectivity index (χ4v) is 3.01. The van der Waals surface area contributed by atoms with Gasteiger partial charge in [0, 0.05) is 20.1 Å². The quantitative estimate of drug-likeness (QED) is 0.758. The van der Waals surface area contributed by atoms with Crippen molar-refractivity contribution in [1.29, 1.82) is 5.26 Å². The fourth-order valence-electron chi connectivity index (χ4n) is 3.01. The summed E-state index contributed by atoms with van der Waals surface area (Å²) in [5.74, 6) is 0.757. The molecule has 0 aromatic rings. The second kappa shape index (κ2) is 5.27. The number of carbonyl (C=O) groups excluding carboxylic acids is 1. The summed E-state index contributed by atoms with van der Waals surface area (Å²) in [6, 6.07) is 2.23. The molecule has 18 heavy (non-hydrogen) atoms. The zero-order chi connectivity index (χ0) is 13.2. The van der Waals surface area contributed by atoms with Crippen LogP contribution in [-0.4, -0.2) is 49.4 Å². The molecule has 1 heterocycles. The van der Waals surface area contributed by atoms with E-state index in [1.165, 1.54) is 13.0 Å². The van der Waals surface area contributed by atoms with E-state index in [1.54, 1.807) is 4.90 Å². The third-order valence-electron chi connectivity index (χ3n) is 4.54. The lowest BCUT2D eigenvalue weighted by atomic mass is 9.69. The number of hydrogen-bond acceptors (Lipinski definition) is 3. The van der Waals surface area contributed by atoms with E-state index in [0.717, 1.165) is 38.8 Å². The van der Waals surface area contributed by atoms with Gasteiger partial charge in [-0.1, -0.05) is 0 Å². The maximum absolute atomic E-state index is 12.2. The molecule has 1 saturated carbocycles. The topological polar surface area (TPSA) is 47.3 Å². The minimum Gasteiger partial charge on any atom is -0.344 e. The molecule has 1 unspecified atom stereocenters. The molecule has 2 rings (SSSR count). The molecule has 4 nitrogen and oxygen atoms in total. The van der Waals surface area contributed by atoms with Crippen molar-refractivity contribution >= 4 is 5.91 Å². The van der Waals surface area contributed by atoms with Crippen LogP contribution in [0, 0.1) is 22.7 Å². The molecule has 0 aromatic carbocycles. The van der Waals surface area contributed by atoms with Crippen LogP contribution in [0.25, 0.3) is 0 Å². The van der Waals surface area contributed by atoms with Gasteiger partial charge >= 0.3 is 0 Å². The Morgan fingerprint density at radius 3 is 2.72 bits per heavy atom. The van der Waals surface area contributed by atoms with Crippen LogP contribution in [0.15, 0.2) is 0 Å². The Hall–Kier alpha value is -1.08. The predicted octanol–water partition coefficient (Wildman–Crippen LogP) is 1.48. The van der Waals surface area contributed by atoms with Gasteiger partial charge < -0.3 is 9.80 Å². The van der Waals surface area contributed by atoms with Crippen LogP contribution in [0.4, 0.5) is 0 Å². The van der Waals surface area contributed by atoms with Crippen molar-refractivity contribution in [1.82, 2.24) is 9.80 Å². The van der Waals surface area contributed by atoms with Gasteiger partial charge in [0.15, 0.2) is 0 Å². The Labute approximate surface area is 110 Å². The van der Waals surface area contributed by atoms with Crippen molar-refractivity contribution < 1.29 is 4.79 Å². The first-order valence-electron chi connectivity index (χ1n) is 6.93. The second-order valence-electron chi connectivity index (χ2n) is 5.98. The maximum Gasteiger partial charge on any atom is 0.242 e. The van der Waals surface area contributed by atoms with E-state index in [1.807, 2.05) is 7.05 Å². The zero-order valence-electron chi connectivity index (χ0n) is 11.5. The molecule has 0 N–H and O–H groups in total. The van der Waals surface area contributed by atoms with Gasteiger partial charge in [0.1, 0.15) is 5.41 Å². The van der Waals surface area contributed by atoms with Crippen molar-refractivity contribution in [3.05, 3.63) is 0 Å². The van der Waals surface area contributed by atoms with Gasteiger partial charge in [-0.15, -0.1) is 0 Å². The first kappa shape index (κ1) is 13.4. The molecule has 1 saturated heterocycles. The summed E-state index contributed by atoms with van der Waals surface area (Å²) in [6.07, 6.45) is 4.81. The van der Waals surface area contributed by atoms with Gasteiger partial charge in [-0.3, -0.25) is 4.79 Å². The summed E-state index contributed by atoms with van der Waals surface area (Å²) in [5.41, 5.74) is -0.679. The zero-order valence-corrected chi connectivity index (χ0v) is 11.5. The van der Waals surface area contributed by atoms with Crippen molar-refractivity contribution in [2.75, 3.05) is 33.7 Å². The number of hydrogen-bond donors (Lipinski definition) is 0. The summed E-state index contributed by atoms with van der Waals surface area (Å²) in [6.45, 7) is 3.11. The van der Waals surface area contributed by atoms with E-state index in [0.29, 0.717) is 5.92 Å². The van der Waals surface area contributed by atoms with Gasteiger partial charge in [-0.2, -0.15) is 5.26 Å². The molecule has 4 heteroatoms. The van der Waals surface area contributed by atoms with E-state index in [4.69, 9.17) is 5.26 Å². The number of amides is 1. The Balaban J connectivity index is 1.79. The van der Waals surface area contributed by atoms with E-state index in [9.17, 15) is 4.79 Å². The highest BCUT2D eigenvalue weighted by Crippen LogP contribution is 2.41. The molecule has 1 amide bonds. The molecule has 1 aliphatic heterocycles. The van der Waals surface area contributed by atoms with Crippen LogP contribution in [0.1, 0.15) is 32.1 Å². The van der Waals surface area contributed by atoms with Crippen molar-refractivity contribution in [2.24, 2.45) is 11.3 Å². The summed E-state index contributed by atoms with van der Waals surface area (Å²) in [5, 5.41) is 9.17. The molecule has 0 radical (unpaired) electrons. The standard InChI is InChI=1S/C14H23N3O/c1-16-8-4-12(10-16)5-9-17(2)13(18)14(11-15)6-3-7-14/h12H,3-10H2,1-2H3. The molecule has 1 atom stereocenters. The van der Waals surface area contributed by atoms with E-state index in [-0.39, 0.29) is 5.91 Å². The van der Waals surface area contributed by atoms with E-state index in [2.05, 4.69) is 18.0 Å². The average molecular weight is 249 g/mol. The highest BCUT2D eigenvalue weighted by atomic mass is 16.2. The summed E-state index contributed by atoms with van der Waals surface area (Å²) < 4.78 is 0. The molecule has 0 spiro atoms. The van der Waals surface area contributed by atoms with Crippen LogP contribution < -0.4 is 0 Å². The third-order valence-corrected chi connectivity index (χ3v) is 4.54. The van der Waals surface area contributed by atoms with Gasteiger partial charge in [-0.25, -0.2) is 0 Å². The lowest BCUT2D eigenvalue weighted by Crippen LogP contribution is -2.46. The fraction of sp³-hybridized carbons (Fsp3) is 0.857. The van der Waals surface area contributed by atoms with Crippen LogP contribution in [0.2, 0.25) is 0 Å². The maximum atomic E-state index is 12.2. The molecule has 0 bridgehead atoms. The average Bonchev–Trinajstić information content (AvgIpc) is 2.71. The smallest absolute Gasteiger partial charge is 0.242 e. The first-order chi connectivity index (χ1) is 8.57. The summed E-state index contributed by atoms with van der Waals surface area (Å²) >= 11 is 0.